The molecule has 4 atom stereocenters. The van der Waals surface area contributed by atoms with E-state index in [0.29, 0.717) is 43.0 Å². The Bertz CT molecular complexity index is 1020. The summed E-state index contributed by atoms with van der Waals surface area (Å²) < 4.78 is 34.7. The predicted molar refractivity (Wildman–Crippen MR) is 108 cm³/mol. The first-order valence-electron chi connectivity index (χ1n) is 10.1. The van der Waals surface area contributed by atoms with Gasteiger partial charge in [-0.3, -0.25) is 14.4 Å². The molecule has 5 N–H and O–H groups in total. The summed E-state index contributed by atoms with van der Waals surface area (Å²) in [6.07, 6.45) is 1.23. The van der Waals surface area contributed by atoms with E-state index in [1.54, 1.807) is 10.9 Å². The zero-order valence-corrected chi connectivity index (χ0v) is 18.2. The fraction of sp³-hybridized carbons (Fsp3) is 0.647. The second-order valence-corrected chi connectivity index (χ2v) is 8.96. The van der Waals surface area contributed by atoms with Gasteiger partial charge < -0.3 is 34.5 Å². The Kier molecular flexibility index (Phi) is 6.72. The maximum Gasteiger partial charge on any atom is 0.365 e. The van der Waals surface area contributed by atoms with Crippen molar-refractivity contribution in [2.24, 2.45) is 0 Å². The highest BCUT2D eigenvalue weighted by Gasteiger charge is 2.40. The Balaban J connectivity index is 1.46. The van der Waals surface area contributed by atoms with Crippen molar-refractivity contribution in [2.75, 3.05) is 32.1 Å². The number of hydrogen-bond acceptors (Lipinski definition) is 11. The molecule has 15 heteroatoms. The SMILES string of the molecule is CCOC(=O)[C@@H](OC[C@@H]1CC[C@H](n2cnc3c(N)nc(C4NCCO4)nc32)O1)P(=O)(O)O. The van der Waals surface area contributed by atoms with Crippen LogP contribution in [0.2, 0.25) is 0 Å². The van der Waals surface area contributed by atoms with Crippen molar-refractivity contribution in [1.82, 2.24) is 24.8 Å². The number of aromatic nitrogens is 4. The highest BCUT2D eigenvalue weighted by molar-refractivity contribution is 7.53. The Morgan fingerprint density at radius 3 is 2.94 bits per heavy atom. The van der Waals surface area contributed by atoms with Crippen LogP contribution in [0, 0.1) is 0 Å². The Hall–Kier alpha value is -2.19. The molecule has 2 aromatic heterocycles. The zero-order chi connectivity index (χ0) is 22.9. The van der Waals surface area contributed by atoms with Crippen LogP contribution in [0.25, 0.3) is 11.2 Å². The maximum atomic E-state index is 11.8. The maximum absolute atomic E-state index is 11.8. The van der Waals surface area contributed by atoms with Crippen LogP contribution in [0.4, 0.5) is 5.82 Å². The lowest BCUT2D eigenvalue weighted by Crippen LogP contribution is -2.30. The minimum Gasteiger partial charge on any atom is -0.464 e. The van der Waals surface area contributed by atoms with Gasteiger partial charge in [0.05, 0.1) is 32.3 Å². The number of nitrogens with two attached hydrogens (primary N) is 1. The van der Waals surface area contributed by atoms with Gasteiger partial charge in [-0.15, -0.1) is 0 Å². The van der Waals surface area contributed by atoms with Crippen molar-refractivity contribution in [1.29, 1.82) is 0 Å². The van der Waals surface area contributed by atoms with Crippen LogP contribution >= 0.6 is 7.60 Å². The smallest absolute Gasteiger partial charge is 0.365 e. The van der Waals surface area contributed by atoms with Gasteiger partial charge >= 0.3 is 13.6 Å². The molecule has 2 aliphatic heterocycles. The molecule has 14 nitrogen and oxygen atoms in total. The molecule has 2 aromatic rings. The van der Waals surface area contributed by atoms with Crippen molar-refractivity contribution in [3.8, 4) is 0 Å². The van der Waals surface area contributed by atoms with Crippen molar-refractivity contribution in [3.05, 3.63) is 12.2 Å². The van der Waals surface area contributed by atoms with Crippen LogP contribution < -0.4 is 11.1 Å². The van der Waals surface area contributed by atoms with Crippen molar-refractivity contribution < 1.29 is 38.1 Å². The van der Waals surface area contributed by atoms with E-state index in [9.17, 15) is 19.1 Å². The molecule has 0 saturated carbocycles. The number of carbonyl (C=O) groups excluding carboxylic acids is 1. The second-order valence-electron chi connectivity index (χ2n) is 7.31. The van der Waals surface area contributed by atoms with E-state index in [0.717, 1.165) is 0 Å². The molecule has 0 radical (unpaired) electrons. The third-order valence-electron chi connectivity index (χ3n) is 5.05. The molecule has 0 aliphatic carbocycles. The topological polar surface area (TPSA) is 193 Å². The molecule has 4 heterocycles. The summed E-state index contributed by atoms with van der Waals surface area (Å²) in [5.41, 5.74) is 6.96. The van der Waals surface area contributed by atoms with Gasteiger partial charge in [0.2, 0.25) is 0 Å². The number of rotatable bonds is 8. The van der Waals surface area contributed by atoms with Crippen LogP contribution in [-0.2, 0) is 28.3 Å². The first-order chi connectivity index (χ1) is 15.3. The van der Waals surface area contributed by atoms with E-state index in [1.165, 1.54) is 6.92 Å². The number of anilines is 1. The van der Waals surface area contributed by atoms with E-state index < -0.39 is 38.0 Å². The van der Waals surface area contributed by atoms with Gasteiger partial charge in [-0.25, -0.2) is 19.7 Å². The summed E-state index contributed by atoms with van der Waals surface area (Å²) in [5.74, 6) is -2.49. The van der Waals surface area contributed by atoms with Gasteiger partial charge in [-0.1, -0.05) is 0 Å². The summed E-state index contributed by atoms with van der Waals surface area (Å²) in [6, 6.07) is 0. The van der Waals surface area contributed by atoms with Crippen LogP contribution in [-0.4, -0.2) is 73.6 Å². The number of esters is 1. The van der Waals surface area contributed by atoms with E-state index >= 15 is 0 Å². The molecule has 2 saturated heterocycles. The average molecular weight is 472 g/mol. The minimum atomic E-state index is -4.85. The molecule has 32 heavy (non-hydrogen) atoms. The quantitative estimate of drug-likeness (QED) is 0.291. The molecule has 2 fully saturated rings. The summed E-state index contributed by atoms with van der Waals surface area (Å²) in [5, 5.41) is 3.13. The first kappa shape index (κ1) is 23.0. The molecular formula is C17H25N6O8P. The molecule has 0 amide bonds. The summed E-state index contributed by atoms with van der Waals surface area (Å²) >= 11 is 0. The monoisotopic (exact) mass is 472 g/mol. The standard InChI is InChI=1S/C17H25N6O8P/c1-2-28-16(24)17(32(25,26)27)30-7-9-3-4-10(31-9)23-8-20-11-12(18)21-13(22-14(11)23)15-19-5-6-29-15/h8-10,15,17,19H,2-7H2,1H3,(H2,18,21,22)(H2,25,26,27)/t9-,10+,15?,17-/m0/s1. The molecule has 0 spiro atoms. The van der Waals surface area contributed by atoms with E-state index in [4.69, 9.17) is 19.9 Å². The Labute approximate surface area is 182 Å². The van der Waals surface area contributed by atoms with E-state index in [-0.39, 0.29) is 19.0 Å². The Morgan fingerprint density at radius 1 is 1.44 bits per heavy atom. The van der Waals surface area contributed by atoms with Crippen LogP contribution in [0.1, 0.15) is 38.0 Å². The van der Waals surface area contributed by atoms with Gasteiger partial charge in [-0.05, 0) is 19.8 Å². The van der Waals surface area contributed by atoms with Crippen molar-refractivity contribution >= 4 is 30.5 Å². The number of nitrogens with zero attached hydrogens (tertiary/aromatic N) is 4. The van der Waals surface area contributed by atoms with Gasteiger partial charge in [0.25, 0.3) is 5.85 Å². The van der Waals surface area contributed by atoms with E-state index in [1.807, 2.05) is 0 Å². The largest absolute Gasteiger partial charge is 0.464 e. The highest BCUT2D eigenvalue weighted by Crippen LogP contribution is 2.43. The molecule has 4 rings (SSSR count). The van der Waals surface area contributed by atoms with Crippen molar-refractivity contribution in [3.63, 3.8) is 0 Å². The molecule has 2 aliphatic rings. The number of fused-ring (bicyclic) bond motifs is 1. The molecule has 0 aromatic carbocycles. The molecule has 0 bridgehead atoms. The van der Waals surface area contributed by atoms with Gasteiger partial charge in [-0.2, -0.15) is 0 Å². The fourth-order valence-electron chi connectivity index (χ4n) is 3.60. The lowest BCUT2D eigenvalue weighted by atomic mass is 10.2. The molecule has 1 unspecified atom stereocenters. The van der Waals surface area contributed by atoms with Gasteiger partial charge in [0.1, 0.15) is 11.7 Å². The summed E-state index contributed by atoms with van der Waals surface area (Å²) in [7, 11) is -4.85. The highest BCUT2D eigenvalue weighted by atomic mass is 31.2. The number of carbonyl (C=O) groups is 1. The number of nitrogen functional groups attached to an aromatic ring is 1. The fourth-order valence-corrected chi connectivity index (χ4v) is 4.23. The molecular weight excluding hydrogens is 447 g/mol. The average Bonchev–Trinajstić information content (AvgIpc) is 3.47. The van der Waals surface area contributed by atoms with Crippen LogP contribution in [0.15, 0.2) is 6.33 Å². The second kappa shape index (κ2) is 9.35. The summed E-state index contributed by atoms with van der Waals surface area (Å²) in [6.45, 7) is 2.54. The van der Waals surface area contributed by atoms with Crippen LogP contribution in [0.5, 0.6) is 0 Å². The number of nitrogens with one attached hydrogen (secondary N) is 1. The minimum absolute atomic E-state index is 0.0250. The molecule has 176 valence electrons. The zero-order valence-electron chi connectivity index (χ0n) is 17.3. The first-order valence-corrected chi connectivity index (χ1v) is 11.8. The van der Waals surface area contributed by atoms with Gasteiger partial charge in [0, 0.05) is 6.54 Å². The number of hydrogen-bond donors (Lipinski definition) is 4. The number of ether oxygens (including phenoxy) is 4. The predicted octanol–water partition coefficient (Wildman–Crippen LogP) is -0.212. The third kappa shape index (κ3) is 4.76. The van der Waals surface area contributed by atoms with Crippen molar-refractivity contribution in [2.45, 2.75) is 44.2 Å². The normalized spacial score (nSPS) is 24.8. The lowest BCUT2D eigenvalue weighted by molar-refractivity contribution is -0.154. The van der Waals surface area contributed by atoms with Crippen LogP contribution in [0.3, 0.4) is 0 Å². The lowest BCUT2D eigenvalue weighted by Gasteiger charge is -2.20. The number of imidazole rings is 1. The van der Waals surface area contributed by atoms with E-state index in [2.05, 4.69) is 25.0 Å². The summed E-state index contributed by atoms with van der Waals surface area (Å²) in [4.78, 5) is 43.7. The third-order valence-corrected chi connectivity index (χ3v) is 6.02. The Morgan fingerprint density at radius 2 is 2.25 bits per heavy atom. The van der Waals surface area contributed by atoms with Gasteiger partial charge in [0.15, 0.2) is 23.5 Å².